The number of methoxy groups -OCH3 is 1. The Morgan fingerprint density at radius 3 is 2.95 bits per heavy atom. The highest BCUT2D eigenvalue weighted by atomic mass is 16.5. The third-order valence-corrected chi connectivity index (χ3v) is 3.36. The number of ether oxygens (including phenoxy) is 2. The minimum Gasteiger partial charge on any atom is -0.465 e. The summed E-state index contributed by atoms with van der Waals surface area (Å²) in [5.41, 5.74) is 1.85. The fourth-order valence-electron chi connectivity index (χ4n) is 2.22. The summed E-state index contributed by atoms with van der Waals surface area (Å²) in [6, 6.07) is 5.21. The van der Waals surface area contributed by atoms with E-state index in [1.54, 1.807) is 18.2 Å². The van der Waals surface area contributed by atoms with Gasteiger partial charge < -0.3 is 20.1 Å². The molecule has 1 aromatic rings. The molecular weight excluding hydrogens is 272 g/mol. The molecule has 1 aromatic carbocycles. The predicted octanol–water partition coefficient (Wildman–Crippen LogP) is 1.10. The highest BCUT2D eigenvalue weighted by molar-refractivity contribution is 5.95. The summed E-state index contributed by atoms with van der Waals surface area (Å²) in [7, 11) is 1.34. The molecule has 0 aromatic heterocycles. The van der Waals surface area contributed by atoms with Gasteiger partial charge in [-0.25, -0.2) is 4.79 Å². The first-order valence-corrected chi connectivity index (χ1v) is 6.90. The van der Waals surface area contributed by atoms with Crippen LogP contribution in [0.5, 0.6) is 0 Å². The normalized spacial score (nSPS) is 18.1. The van der Waals surface area contributed by atoms with Crippen LogP contribution in [0.3, 0.4) is 0 Å². The van der Waals surface area contributed by atoms with E-state index in [4.69, 9.17) is 9.47 Å². The van der Waals surface area contributed by atoms with Crippen molar-refractivity contribution in [1.82, 2.24) is 5.32 Å². The molecule has 1 atom stereocenters. The Morgan fingerprint density at radius 1 is 1.48 bits per heavy atom. The van der Waals surface area contributed by atoms with Gasteiger partial charge in [0.25, 0.3) is 0 Å². The first kappa shape index (κ1) is 15.5. The van der Waals surface area contributed by atoms with Crippen molar-refractivity contribution in [3.8, 4) is 0 Å². The predicted molar refractivity (Wildman–Crippen MR) is 78.4 cm³/mol. The average molecular weight is 292 g/mol. The molecule has 2 rings (SSSR count). The van der Waals surface area contributed by atoms with Gasteiger partial charge in [-0.1, -0.05) is 6.07 Å². The molecule has 114 valence electrons. The van der Waals surface area contributed by atoms with Crippen LogP contribution in [0, 0.1) is 6.92 Å². The zero-order valence-electron chi connectivity index (χ0n) is 12.3. The Labute approximate surface area is 123 Å². The fraction of sp³-hybridized carbons (Fsp3) is 0.467. The van der Waals surface area contributed by atoms with Crippen molar-refractivity contribution in [3.05, 3.63) is 29.3 Å². The van der Waals surface area contributed by atoms with E-state index in [1.807, 2.05) is 6.92 Å². The fourth-order valence-corrected chi connectivity index (χ4v) is 2.22. The monoisotopic (exact) mass is 292 g/mol. The molecule has 1 heterocycles. The molecule has 0 spiro atoms. The number of morpholine rings is 1. The van der Waals surface area contributed by atoms with Gasteiger partial charge in [0.05, 0.1) is 25.9 Å². The van der Waals surface area contributed by atoms with Crippen molar-refractivity contribution in [1.29, 1.82) is 0 Å². The molecule has 2 N–H and O–H groups in total. The lowest BCUT2D eigenvalue weighted by Gasteiger charge is -2.23. The molecule has 1 fully saturated rings. The number of carbonyl (C=O) groups excluding carboxylic acids is 2. The van der Waals surface area contributed by atoms with Crippen LogP contribution in [0.1, 0.15) is 22.3 Å². The largest absolute Gasteiger partial charge is 0.465 e. The number of esters is 1. The number of amides is 1. The average Bonchev–Trinajstić information content (AvgIpc) is 2.49. The summed E-state index contributed by atoms with van der Waals surface area (Å²) in [6.45, 7) is 3.80. The van der Waals surface area contributed by atoms with Crippen molar-refractivity contribution < 1.29 is 19.1 Å². The Kier molecular flexibility index (Phi) is 5.30. The Hall–Kier alpha value is -1.92. The van der Waals surface area contributed by atoms with Gasteiger partial charge in [0.2, 0.25) is 5.91 Å². The van der Waals surface area contributed by atoms with E-state index in [9.17, 15) is 9.59 Å². The van der Waals surface area contributed by atoms with Crippen LogP contribution < -0.4 is 10.6 Å². The molecule has 1 saturated heterocycles. The van der Waals surface area contributed by atoms with Crippen LogP contribution in [0.2, 0.25) is 0 Å². The number of rotatable bonds is 4. The summed E-state index contributed by atoms with van der Waals surface area (Å²) >= 11 is 0. The Balaban J connectivity index is 1.98. The summed E-state index contributed by atoms with van der Waals surface area (Å²) in [5, 5.41) is 6.02. The van der Waals surface area contributed by atoms with Gasteiger partial charge in [-0.2, -0.15) is 0 Å². The zero-order chi connectivity index (χ0) is 15.2. The number of benzene rings is 1. The van der Waals surface area contributed by atoms with E-state index < -0.39 is 5.97 Å². The summed E-state index contributed by atoms with van der Waals surface area (Å²) in [4.78, 5) is 23.6. The van der Waals surface area contributed by atoms with Gasteiger partial charge in [0.15, 0.2) is 0 Å². The lowest BCUT2D eigenvalue weighted by Crippen LogP contribution is -2.43. The molecule has 1 aliphatic rings. The van der Waals surface area contributed by atoms with Crippen molar-refractivity contribution in [2.75, 3.05) is 32.2 Å². The quantitative estimate of drug-likeness (QED) is 0.813. The van der Waals surface area contributed by atoms with Gasteiger partial charge in [0, 0.05) is 24.7 Å². The van der Waals surface area contributed by atoms with Crippen LogP contribution in [-0.2, 0) is 14.3 Å². The number of hydrogen-bond donors (Lipinski definition) is 2. The van der Waals surface area contributed by atoms with Gasteiger partial charge >= 0.3 is 5.97 Å². The third-order valence-electron chi connectivity index (χ3n) is 3.36. The highest BCUT2D eigenvalue weighted by Crippen LogP contribution is 2.16. The first-order chi connectivity index (χ1) is 10.1. The topological polar surface area (TPSA) is 76.7 Å². The molecular formula is C15H20N2O4. The molecule has 6 nitrogen and oxygen atoms in total. The molecule has 0 aliphatic carbocycles. The number of hydrogen-bond acceptors (Lipinski definition) is 5. The smallest absolute Gasteiger partial charge is 0.338 e. The number of nitrogens with one attached hydrogen (secondary N) is 2. The molecule has 21 heavy (non-hydrogen) atoms. The SMILES string of the molecule is COC(=O)c1cc(NC(=O)CC2COCCN2)ccc1C. The lowest BCUT2D eigenvalue weighted by atomic mass is 10.1. The molecule has 6 heteroatoms. The van der Waals surface area contributed by atoms with Crippen LogP contribution in [0.4, 0.5) is 5.69 Å². The highest BCUT2D eigenvalue weighted by Gasteiger charge is 2.17. The molecule has 0 saturated carbocycles. The van der Waals surface area contributed by atoms with Gasteiger partial charge in [0.1, 0.15) is 0 Å². The van der Waals surface area contributed by atoms with E-state index in [-0.39, 0.29) is 11.9 Å². The Bertz CT molecular complexity index is 524. The summed E-state index contributed by atoms with van der Waals surface area (Å²) in [6.07, 6.45) is 0.335. The zero-order valence-corrected chi connectivity index (χ0v) is 12.3. The standard InChI is InChI=1S/C15H20N2O4/c1-10-3-4-11(7-13(10)15(19)20-2)17-14(18)8-12-9-21-6-5-16-12/h3-4,7,12,16H,5-6,8-9H2,1-2H3,(H,17,18). The minimum absolute atomic E-state index is 0.0317. The number of aryl methyl sites for hydroxylation is 1. The summed E-state index contributed by atoms with van der Waals surface area (Å²) < 4.78 is 10.0. The van der Waals surface area contributed by atoms with E-state index >= 15 is 0 Å². The van der Waals surface area contributed by atoms with Gasteiger partial charge in [-0.3, -0.25) is 4.79 Å². The molecule has 1 aliphatic heterocycles. The van der Waals surface area contributed by atoms with E-state index in [0.29, 0.717) is 30.9 Å². The van der Waals surface area contributed by atoms with Crippen molar-refractivity contribution in [2.24, 2.45) is 0 Å². The van der Waals surface area contributed by atoms with Crippen LogP contribution in [-0.4, -0.2) is 44.8 Å². The third kappa shape index (κ3) is 4.27. The second-order valence-corrected chi connectivity index (χ2v) is 5.00. The maximum atomic E-state index is 12.0. The maximum Gasteiger partial charge on any atom is 0.338 e. The van der Waals surface area contributed by atoms with Gasteiger partial charge in [-0.05, 0) is 24.6 Å². The number of carbonyl (C=O) groups is 2. The van der Waals surface area contributed by atoms with Crippen LogP contribution >= 0.6 is 0 Å². The second-order valence-electron chi connectivity index (χ2n) is 5.00. The van der Waals surface area contributed by atoms with E-state index in [1.165, 1.54) is 7.11 Å². The second kappa shape index (κ2) is 7.19. The molecule has 0 bridgehead atoms. The van der Waals surface area contributed by atoms with E-state index in [0.717, 1.165) is 12.1 Å². The van der Waals surface area contributed by atoms with Crippen LogP contribution in [0.25, 0.3) is 0 Å². The van der Waals surface area contributed by atoms with Crippen molar-refractivity contribution in [3.63, 3.8) is 0 Å². The number of anilines is 1. The van der Waals surface area contributed by atoms with Crippen molar-refractivity contribution >= 4 is 17.6 Å². The van der Waals surface area contributed by atoms with Gasteiger partial charge in [-0.15, -0.1) is 0 Å². The maximum absolute atomic E-state index is 12.0. The summed E-state index contributed by atoms with van der Waals surface area (Å²) in [5.74, 6) is -0.524. The Morgan fingerprint density at radius 2 is 2.29 bits per heavy atom. The molecule has 1 amide bonds. The lowest BCUT2D eigenvalue weighted by molar-refractivity contribution is -0.117. The molecule has 0 radical (unpaired) electrons. The van der Waals surface area contributed by atoms with Crippen LogP contribution in [0.15, 0.2) is 18.2 Å². The van der Waals surface area contributed by atoms with E-state index in [2.05, 4.69) is 10.6 Å². The van der Waals surface area contributed by atoms with Crippen molar-refractivity contribution in [2.45, 2.75) is 19.4 Å². The minimum atomic E-state index is -0.411. The molecule has 1 unspecified atom stereocenters. The first-order valence-electron chi connectivity index (χ1n) is 6.90.